The lowest BCUT2D eigenvalue weighted by Crippen LogP contribution is -2.17. The predicted octanol–water partition coefficient (Wildman–Crippen LogP) is 2.39. The number of esters is 1. The SMILES string of the molecule is CCOC(=O)c1c[nH+]c2ccc(Br)cc2c1NCCCO. The van der Waals surface area contributed by atoms with Crippen LogP contribution in [0, 0.1) is 0 Å². The maximum atomic E-state index is 12.1. The second kappa shape index (κ2) is 7.38. The molecule has 3 N–H and O–H groups in total. The Balaban J connectivity index is 2.50. The van der Waals surface area contributed by atoms with Gasteiger partial charge in [-0.1, -0.05) is 15.9 Å². The van der Waals surface area contributed by atoms with E-state index in [1.807, 2.05) is 18.2 Å². The molecule has 2 rings (SSSR count). The van der Waals surface area contributed by atoms with E-state index in [9.17, 15) is 4.79 Å². The van der Waals surface area contributed by atoms with Crippen LogP contribution in [-0.4, -0.2) is 30.8 Å². The first-order chi connectivity index (χ1) is 10.2. The van der Waals surface area contributed by atoms with Gasteiger partial charge in [0.25, 0.3) is 0 Å². The number of rotatable bonds is 6. The lowest BCUT2D eigenvalue weighted by atomic mass is 10.1. The number of ether oxygens (including phenoxy) is 1. The largest absolute Gasteiger partial charge is 0.462 e. The third kappa shape index (κ3) is 3.71. The van der Waals surface area contributed by atoms with Crippen molar-refractivity contribution in [2.45, 2.75) is 13.3 Å². The van der Waals surface area contributed by atoms with E-state index >= 15 is 0 Å². The summed E-state index contributed by atoms with van der Waals surface area (Å²) >= 11 is 3.44. The Kier molecular flexibility index (Phi) is 5.52. The van der Waals surface area contributed by atoms with E-state index in [4.69, 9.17) is 9.84 Å². The second-order valence-corrected chi connectivity index (χ2v) is 5.41. The van der Waals surface area contributed by atoms with Gasteiger partial charge < -0.3 is 15.2 Å². The Bertz CT molecular complexity index is 646. The number of anilines is 1. The summed E-state index contributed by atoms with van der Waals surface area (Å²) in [6, 6.07) is 5.81. The fourth-order valence-electron chi connectivity index (χ4n) is 2.07. The molecule has 0 amide bonds. The topological polar surface area (TPSA) is 72.7 Å². The smallest absolute Gasteiger partial charge is 0.346 e. The van der Waals surface area contributed by atoms with Gasteiger partial charge in [-0.05, 0) is 25.5 Å². The normalized spacial score (nSPS) is 10.6. The van der Waals surface area contributed by atoms with Crippen molar-refractivity contribution in [1.82, 2.24) is 0 Å². The van der Waals surface area contributed by atoms with Gasteiger partial charge in [-0.3, -0.25) is 0 Å². The number of halogens is 1. The van der Waals surface area contributed by atoms with Crippen molar-refractivity contribution in [2.24, 2.45) is 0 Å². The lowest BCUT2D eigenvalue weighted by Gasteiger charge is -2.11. The number of hydrogen-bond acceptors (Lipinski definition) is 4. The van der Waals surface area contributed by atoms with Crippen LogP contribution >= 0.6 is 15.9 Å². The van der Waals surface area contributed by atoms with Gasteiger partial charge in [0.05, 0.1) is 17.7 Å². The molecule has 1 heterocycles. The molecule has 0 atom stereocenters. The molecular weight excluding hydrogens is 336 g/mol. The van der Waals surface area contributed by atoms with Crippen LogP contribution in [0.5, 0.6) is 0 Å². The van der Waals surface area contributed by atoms with Crippen LogP contribution in [0.3, 0.4) is 0 Å². The molecule has 0 bridgehead atoms. The third-order valence-corrected chi connectivity index (χ3v) is 3.52. The summed E-state index contributed by atoms with van der Waals surface area (Å²) in [7, 11) is 0. The first kappa shape index (κ1) is 15.7. The zero-order valence-corrected chi connectivity index (χ0v) is 13.4. The fraction of sp³-hybridized carbons (Fsp3) is 0.333. The minimum atomic E-state index is -0.373. The molecule has 0 aliphatic heterocycles. The van der Waals surface area contributed by atoms with Gasteiger partial charge in [-0.15, -0.1) is 0 Å². The first-order valence-electron chi connectivity index (χ1n) is 6.83. The number of nitrogens with one attached hydrogen (secondary N) is 2. The van der Waals surface area contributed by atoms with E-state index in [-0.39, 0.29) is 12.6 Å². The van der Waals surface area contributed by atoms with E-state index in [0.29, 0.717) is 25.1 Å². The van der Waals surface area contributed by atoms with Gasteiger partial charge in [-0.2, -0.15) is 0 Å². The van der Waals surface area contributed by atoms with E-state index in [2.05, 4.69) is 26.2 Å². The zero-order chi connectivity index (χ0) is 15.2. The molecule has 0 radical (unpaired) electrons. The van der Waals surface area contributed by atoms with Crippen LogP contribution in [0.25, 0.3) is 10.9 Å². The molecule has 112 valence electrons. The maximum Gasteiger partial charge on any atom is 0.346 e. The molecule has 0 unspecified atom stereocenters. The van der Waals surface area contributed by atoms with Gasteiger partial charge in [-0.25, -0.2) is 9.78 Å². The van der Waals surface area contributed by atoms with Gasteiger partial charge >= 0.3 is 5.97 Å². The van der Waals surface area contributed by atoms with E-state index in [1.165, 1.54) is 0 Å². The van der Waals surface area contributed by atoms with Crippen LogP contribution in [0.2, 0.25) is 0 Å². The Morgan fingerprint density at radius 2 is 2.29 bits per heavy atom. The van der Waals surface area contributed by atoms with Crippen molar-refractivity contribution >= 4 is 38.5 Å². The lowest BCUT2D eigenvalue weighted by molar-refractivity contribution is -0.344. The quantitative estimate of drug-likeness (QED) is 0.617. The van der Waals surface area contributed by atoms with E-state index in [0.717, 1.165) is 21.1 Å². The molecule has 1 aromatic carbocycles. The average Bonchev–Trinajstić information content (AvgIpc) is 2.47. The molecule has 0 spiro atoms. The average molecular weight is 354 g/mol. The number of aliphatic hydroxyl groups excluding tert-OH is 1. The van der Waals surface area contributed by atoms with Gasteiger partial charge in [0.1, 0.15) is 5.56 Å². The Labute approximate surface area is 131 Å². The molecule has 0 aliphatic carbocycles. The Morgan fingerprint density at radius 1 is 1.48 bits per heavy atom. The van der Waals surface area contributed by atoms with Crippen molar-refractivity contribution in [2.75, 3.05) is 25.1 Å². The van der Waals surface area contributed by atoms with E-state index < -0.39 is 0 Å². The summed E-state index contributed by atoms with van der Waals surface area (Å²) in [5.41, 5.74) is 2.09. The first-order valence-corrected chi connectivity index (χ1v) is 7.62. The fourth-order valence-corrected chi connectivity index (χ4v) is 2.43. The molecule has 1 aromatic heterocycles. The van der Waals surface area contributed by atoms with E-state index in [1.54, 1.807) is 13.1 Å². The number of carbonyl (C=O) groups excluding carboxylic acids is 1. The van der Waals surface area contributed by atoms with Crippen LogP contribution in [0.1, 0.15) is 23.7 Å². The van der Waals surface area contributed by atoms with Crippen LogP contribution in [0.4, 0.5) is 5.69 Å². The Morgan fingerprint density at radius 3 is 3.00 bits per heavy atom. The minimum Gasteiger partial charge on any atom is -0.462 e. The number of aromatic amines is 1. The molecule has 5 nitrogen and oxygen atoms in total. The summed E-state index contributed by atoms with van der Waals surface area (Å²) in [4.78, 5) is 15.2. The van der Waals surface area contributed by atoms with Crippen LogP contribution in [-0.2, 0) is 4.74 Å². The summed E-state index contributed by atoms with van der Waals surface area (Å²) in [5, 5.41) is 13.0. The second-order valence-electron chi connectivity index (χ2n) is 4.49. The zero-order valence-electron chi connectivity index (χ0n) is 11.8. The number of carbonyl (C=O) groups is 1. The number of aromatic nitrogens is 1. The highest BCUT2D eigenvalue weighted by atomic mass is 79.9. The van der Waals surface area contributed by atoms with Crippen molar-refractivity contribution in [1.29, 1.82) is 0 Å². The molecule has 0 saturated heterocycles. The summed E-state index contributed by atoms with van der Waals surface area (Å²) in [6.07, 6.45) is 2.26. The highest BCUT2D eigenvalue weighted by molar-refractivity contribution is 9.10. The number of benzene rings is 1. The number of H-pyrrole nitrogens is 1. The monoisotopic (exact) mass is 353 g/mol. The highest BCUT2D eigenvalue weighted by Crippen LogP contribution is 2.27. The van der Waals surface area contributed by atoms with Gasteiger partial charge in [0.15, 0.2) is 6.20 Å². The third-order valence-electron chi connectivity index (χ3n) is 3.02. The van der Waals surface area contributed by atoms with Crippen LogP contribution < -0.4 is 10.3 Å². The maximum absolute atomic E-state index is 12.1. The van der Waals surface area contributed by atoms with Crippen molar-refractivity contribution in [3.63, 3.8) is 0 Å². The molecular formula is C15H18BrN2O3+. The molecule has 6 heteroatoms. The predicted molar refractivity (Wildman–Crippen MR) is 84.4 cm³/mol. The molecule has 21 heavy (non-hydrogen) atoms. The van der Waals surface area contributed by atoms with Crippen molar-refractivity contribution in [3.05, 3.63) is 34.4 Å². The van der Waals surface area contributed by atoms with Crippen molar-refractivity contribution in [3.8, 4) is 0 Å². The summed E-state index contributed by atoms with van der Waals surface area (Å²) in [6.45, 7) is 2.78. The highest BCUT2D eigenvalue weighted by Gasteiger charge is 2.20. The molecule has 0 fully saturated rings. The van der Waals surface area contributed by atoms with Crippen molar-refractivity contribution < 1.29 is 19.6 Å². The summed E-state index contributed by atoms with van der Waals surface area (Å²) < 4.78 is 6.02. The molecule has 2 aromatic rings. The van der Waals surface area contributed by atoms with Crippen LogP contribution in [0.15, 0.2) is 28.9 Å². The summed E-state index contributed by atoms with van der Waals surface area (Å²) in [5.74, 6) is -0.373. The number of aliphatic hydroxyl groups is 1. The standard InChI is InChI=1S/C15H17BrN2O3/c1-2-21-15(20)12-9-18-13-5-4-10(16)8-11(13)14(12)17-6-3-7-19/h4-5,8-9,19H,2-3,6-7H2,1H3,(H,17,18)/p+1. The number of fused-ring (bicyclic) bond motifs is 1. The Hall–Kier alpha value is -1.66. The molecule has 0 saturated carbocycles. The molecule has 0 aliphatic rings. The number of hydrogen-bond donors (Lipinski definition) is 2. The minimum absolute atomic E-state index is 0.0995. The van der Waals surface area contributed by atoms with Gasteiger partial charge in [0, 0.05) is 23.7 Å². The number of pyridine rings is 1. The van der Waals surface area contributed by atoms with Gasteiger partial charge in [0.2, 0.25) is 5.52 Å².